The molecule has 2 amide bonds. The average Bonchev–Trinajstić information content (AvgIpc) is 2.61. The lowest BCUT2D eigenvalue weighted by Crippen LogP contribution is -2.37. The van der Waals surface area contributed by atoms with Crippen LogP contribution in [0.4, 0.5) is 4.79 Å². The van der Waals surface area contributed by atoms with Gasteiger partial charge >= 0.3 is 18.0 Å². The van der Waals surface area contributed by atoms with Crippen LogP contribution in [-0.4, -0.2) is 50.2 Å². The first-order valence-corrected chi connectivity index (χ1v) is 7.48. The molecule has 1 aromatic carbocycles. The molecule has 0 aliphatic rings. The number of esters is 2. The molecule has 0 saturated carbocycles. The van der Waals surface area contributed by atoms with Crippen molar-refractivity contribution in [1.29, 1.82) is 0 Å². The Bertz CT molecular complexity index is 572. The van der Waals surface area contributed by atoms with Crippen molar-refractivity contribution < 1.29 is 23.9 Å². The molecule has 0 aliphatic carbocycles. The van der Waals surface area contributed by atoms with Crippen molar-refractivity contribution in [2.24, 2.45) is 0 Å². The van der Waals surface area contributed by atoms with Gasteiger partial charge in [-0.25, -0.2) is 14.4 Å². The number of hydrogen-bond acceptors (Lipinski definition) is 5. The minimum atomic E-state index is -0.628. The standard InChI is InChI=1S/C17H22N2O5/c1-19(17(22)18-13-14-7-4-3-5-8-14)11-6-12-24-16(21)10-9-15(20)23-2/h3-5,7-10H,6,11-13H2,1-2H3,(H,18,22)/b10-9+. The minimum absolute atomic E-state index is 0.153. The Kier molecular flexibility index (Phi) is 8.67. The van der Waals surface area contributed by atoms with Crippen molar-refractivity contribution in [3.63, 3.8) is 0 Å². The van der Waals surface area contributed by atoms with E-state index in [0.29, 0.717) is 19.5 Å². The Morgan fingerprint density at radius 2 is 1.79 bits per heavy atom. The number of methoxy groups -OCH3 is 1. The van der Waals surface area contributed by atoms with Gasteiger partial charge in [0.2, 0.25) is 0 Å². The average molecular weight is 334 g/mol. The smallest absolute Gasteiger partial charge is 0.331 e. The molecule has 0 saturated heterocycles. The van der Waals surface area contributed by atoms with Crippen molar-refractivity contribution in [1.82, 2.24) is 10.2 Å². The molecule has 0 radical (unpaired) electrons. The molecule has 0 fully saturated rings. The summed E-state index contributed by atoms with van der Waals surface area (Å²) in [4.78, 5) is 35.5. The molecule has 130 valence electrons. The Hall–Kier alpha value is -2.83. The summed E-state index contributed by atoms with van der Waals surface area (Å²) in [5.74, 6) is -1.25. The van der Waals surface area contributed by atoms with Crippen molar-refractivity contribution >= 4 is 18.0 Å². The Morgan fingerprint density at radius 3 is 2.46 bits per heavy atom. The van der Waals surface area contributed by atoms with E-state index in [-0.39, 0.29) is 12.6 Å². The zero-order valence-electron chi connectivity index (χ0n) is 13.9. The number of nitrogens with one attached hydrogen (secondary N) is 1. The van der Waals surface area contributed by atoms with Gasteiger partial charge in [0, 0.05) is 32.3 Å². The third-order valence-corrected chi connectivity index (χ3v) is 3.07. The summed E-state index contributed by atoms with van der Waals surface area (Å²) in [6.07, 6.45) is 2.49. The second-order valence-electron chi connectivity index (χ2n) is 4.94. The van der Waals surface area contributed by atoms with Gasteiger partial charge in [-0.3, -0.25) is 0 Å². The minimum Gasteiger partial charge on any atom is -0.466 e. The van der Waals surface area contributed by atoms with Crippen LogP contribution < -0.4 is 5.32 Å². The Balaban J connectivity index is 2.17. The molecule has 0 atom stereocenters. The number of amides is 2. The Labute approximate surface area is 141 Å². The largest absolute Gasteiger partial charge is 0.466 e. The lowest BCUT2D eigenvalue weighted by molar-refractivity contribution is -0.139. The number of urea groups is 1. The van der Waals surface area contributed by atoms with E-state index in [4.69, 9.17) is 4.74 Å². The molecule has 0 bridgehead atoms. The van der Waals surface area contributed by atoms with E-state index in [1.165, 1.54) is 12.0 Å². The van der Waals surface area contributed by atoms with E-state index in [0.717, 1.165) is 17.7 Å². The maximum atomic E-state index is 11.9. The summed E-state index contributed by atoms with van der Waals surface area (Å²) < 4.78 is 9.26. The number of carbonyl (C=O) groups is 3. The fourth-order valence-electron chi connectivity index (χ4n) is 1.74. The van der Waals surface area contributed by atoms with Crippen LogP contribution in [0.5, 0.6) is 0 Å². The molecule has 7 nitrogen and oxygen atoms in total. The molecule has 1 rings (SSSR count). The topological polar surface area (TPSA) is 84.9 Å². The molecule has 0 spiro atoms. The van der Waals surface area contributed by atoms with Crippen LogP contribution in [0.25, 0.3) is 0 Å². The lowest BCUT2D eigenvalue weighted by Gasteiger charge is -2.17. The lowest BCUT2D eigenvalue weighted by atomic mass is 10.2. The van der Waals surface area contributed by atoms with E-state index in [2.05, 4.69) is 10.1 Å². The highest BCUT2D eigenvalue weighted by molar-refractivity contribution is 5.91. The SMILES string of the molecule is COC(=O)/C=C/C(=O)OCCCN(C)C(=O)NCc1ccccc1. The van der Waals surface area contributed by atoms with E-state index in [1.54, 1.807) is 7.05 Å². The summed E-state index contributed by atoms with van der Waals surface area (Å²) in [5.41, 5.74) is 1.02. The van der Waals surface area contributed by atoms with Gasteiger partial charge in [0.25, 0.3) is 0 Å². The monoisotopic (exact) mass is 334 g/mol. The van der Waals surface area contributed by atoms with E-state index >= 15 is 0 Å². The molecule has 7 heteroatoms. The molecule has 24 heavy (non-hydrogen) atoms. The van der Waals surface area contributed by atoms with Crippen LogP contribution in [0.3, 0.4) is 0 Å². The normalized spacial score (nSPS) is 10.2. The van der Waals surface area contributed by atoms with Crippen molar-refractivity contribution in [3.05, 3.63) is 48.0 Å². The summed E-state index contributed by atoms with van der Waals surface area (Å²) in [5, 5.41) is 2.80. The number of rotatable bonds is 8. The molecular weight excluding hydrogens is 312 g/mol. The van der Waals surface area contributed by atoms with Gasteiger partial charge in [-0.15, -0.1) is 0 Å². The molecule has 1 N–H and O–H groups in total. The molecular formula is C17H22N2O5. The third kappa shape index (κ3) is 7.98. The number of hydrogen-bond donors (Lipinski definition) is 1. The third-order valence-electron chi connectivity index (χ3n) is 3.07. The van der Waals surface area contributed by atoms with E-state index < -0.39 is 11.9 Å². The predicted molar refractivity (Wildman–Crippen MR) is 88.0 cm³/mol. The van der Waals surface area contributed by atoms with E-state index in [1.807, 2.05) is 30.3 Å². The van der Waals surface area contributed by atoms with Gasteiger partial charge in [-0.2, -0.15) is 0 Å². The van der Waals surface area contributed by atoms with Crippen molar-refractivity contribution in [2.45, 2.75) is 13.0 Å². The van der Waals surface area contributed by atoms with Crippen LogP contribution in [0.2, 0.25) is 0 Å². The number of nitrogens with zero attached hydrogens (tertiary/aromatic N) is 1. The number of carbonyl (C=O) groups excluding carboxylic acids is 3. The quantitative estimate of drug-likeness (QED) is 0.442. The number of benzene rings is 1. The highest BCUT2D eigenvalue weighted by Crippen LogP contribution is 1.98. The molecule has 0 heterocycles. The second-order valence-corrected chi connectivity index (χ2v) is 4.94. The summed E-state index contributed by atoms with van der Waals surface area (Å²) in [7, 11) is 2.88. The highest BCUT2D eigenvalue weighted by Gasteiger charge is 2.08. The van der Waals surface area contributed by atoms with E-state index in [9.17, 15) is 14.4 Å². The van der Waals surface area contributed by atoms with Gasteiger partial charge in [0.1, 0.15) is 0 Å². The van der Waals surface area contributed by atoms with Gasteiger partial charge in [0.15, 0.2) is 0 Å². The van der Waals surface area contributed by atoms with Gasteiger partial charge in [-0.05, 0) is 12.0 Å². The second kappa shape index (κ2) is 10.8. The predicted octanol–water partition coefficient (Wildman–Crippen LogP) is 1.49. The molecule has 0 unspecified atom stereocenters. The maximum absolute atomic E-state index is 11.9. The van der Waals surface area contributed by atoms with Crippen LogP contribution in [0, 0.1) is 0 Å². The summed E-state index contributed by atoms with van der Waals surface area (Å²) in [6.45, 7) is 1.05. The van der Waals surface area contributed by atoms with Crippen LogP contribution >= 0.6 is 0 Å². The number of ether oxygens (including phenoxy) is 2. The molecule has 1 aromatic rings. The van der Waals surface area contributed by atoms with Crippen molar-refractivity contribution in [3.8, 4) is 0 Å². The molecule has 0 aliphatic heterocycles. The first-order chi connectivity index (χ1) is 11.5. The van der Waals surface area contributed by atoms with Crippen LogP contribution in [0.1, 0.15) is 12.0 Å². The first-order valence-electron chi connectivity index (χ1n) is 7.48. The molecule has 0 aromatic heterocycles. The van der Waals surface area contributed by atoms with Gasteiger partial charge < -0.3 is 19.7 Å². The van der Waals surface area contributed by atoms with Gasteiger partial charge in [-0.1, -0.05) is 30.3 Å². The summed E-state index contributed by atoms with van der Waals surface area (Å²) >= 11 is 0. The first kappa shape index (κ1) is 19.2. The zero-order chi connectivity index (χ0) is 17.8. The van der Waals surface area contributed by atoms with Crippen LogP contribution in [-0.2, 0) is 25.6 Å². The van der Waals surface area contributed by atoms with Gasteiger partial charge in [0.05, 0.1) is 13.7 Å². The maximum Gasteiger partial charge on any atom is 0.331 e. The zero-order valence-corrected chi connectivity index (χ0v) is 13.9. The summed E-state index contributed by atoms with van der Waals surface area (Å²) in [6, 6.07) is 9.40. The van der Waals surface area contributed by atoms with Crippen LogP contribution in [0.15, 0.2) is 42.5 Å². The Morgan fingerprint density at radius 1 is 1.12 bits per heavy atom. The highest BCUT2D eigenvalue weighted by atomic mass is 16.5. The fraction of sp³-hybridized carbons (Fsp3) is 0.353. The van der Waals surface area contributed by atoms with Crippen molar-refractivity contribution in [2.75, 3.05) is 27.3 Å². The fourth-order valence-corrected chi connectivity index (χ4v) is 1.74.